The first-order valence-electron chi connectivity index (χ1n) is 6.05. The zero-order valence-corrected chi connectivity index (χ0v) is 12.4. The van der Waals surface area contributed by atoms with Crippen LogP contribution in [0.25, 0.3) is 11.2 Å². The quantitative estimate of drug-likeness (QED) is 0.715. The molecule has 0 amide bonds. The monoisotopic (exact) mass is 318 g/mol. The summed E-state index contributed by atoms with van der Waals surface area (Å²) in [7, 11) is 0. The Balaban J connectivity index is 1.83. The zero-order chi connectivity index (χ0) is 14.8. The van der Waals surface area contributed by atoms with Crippen LogP contribution in [0, 0.1) is 0 Å². The highest BCUT2D eigenvalue weighted by Gasteiger charge is 2.08. The molecule has 0 aliphatic rings. The number of thioether (sulfide) groups is 1. The molecule has 6 nitrogen and oxygen atoms in total. The summed E-state index contributed by atoms with van der Waals surface area (Å²) in [6.07, 6.45) is 1.66. The second-order valence-electron chi connectivity index (χ2n) is 4.24. The van der Waals surface area contributed by atoms with Crippen molar-refractivity contribution >= 4 is 46.3 Å². The van der Waals surface area contributed by atoms with Crippen molar-refractivity contribution in [2.24, 2.45) is 0 Å². The van der Waals surface area contributed by atoms with E-state index in [-0.39, 0.29) is 11.8 Å². The highest BCUT2D eigenvalue weighted by Crippen LogP contribution is 2.24. The first-order valence-corrected chi connectivity index (χ1v) is 7.41. The Bertz CT molecular complexity index is 793. The maximum atomic E-state index is 5.85. The number of rotatable bonds is 3. The molecule has 0 radical (unpaired) electrons. The van der Waals surface area contributed by atoms with E-state index in [1.165, 1.54) is 0 Å². The molecule has 0 saturated heterocycles. The van der Waals surface area contributed by atoms with Crippen molar-refractivity contribution in [1.82, 2.24) is 19.9 Å². The van der Waals surface area contributed by atoms with E-state index in [2.05, 4.69) is 19.9 Å². The molecule has 0 atom stereocenters. The van der Waals surface area contributed by atoms with E-state index < -0.39 is 0 Å². The standard InChI is InChI=1S/C13H11ClN6S/c14-7-1-3-9(4-2-7)21-6-8-5-17-12-10(18-8)11(15)19-13(16)20-12/h1-5H,6H2,(H4,15,16,17,19,20). The second-order valence-corrected chi connectivity index (χ2v) is 5.73. The number of nitrogens with zero attached hydrogens (tertiary/aromatic N) is 4. The lowest BCUT2D eigenvalue weighted by molar-refractivity contribution is 1.11. The third-order valence-electron chi connectivity index (χ3n) is 2.70. The number of aromatic nitrogens is 4. The molecule has 0 spiro atoms. The molecule has 2 aromatic heterocycles. The van der Waals surface area contributed by atoms with E-state index >= 15 is 0 Å². The number of nitrogens with two attached hydrogens (primary N) is 2. The molecule has 21 heavy (non-hydrogen) atoms. The summed E-state index contributed by atoms with van der Waals surface area (Å²) < 4.78 is 0. The van der Waals surface area contributed by atoms with Gasteiger partial charge in [-0.05, 0) is 24.3 Å². The summed E-state index contributed by atoms with van der Waals surface area (Å²) in [5.41, 5.74) is 13.0. The average Bonchev–Trinajstić information content (AvgIpc) is 2.47. The highest BCUT2D eigenvalue weighted by atomic mass is 35.5. The maximum Gasteiger partial charge on any atom is 0.224 e. The van der Waals surface area contributed by atoms with E-state index in [0.29, 0.717) is 21.9 Å². The van der Waals surface area contributed by atoms with Crippen molar-refractivity contribution in [3.63, 3.8) is 0 Å². The van der Waals surface area contributed by atoms with Crippen molar-refractivity contribution in [1.29, 1.82) is 0 Å². The molecule has 0 fully saturated rings. The summed E-state index contributed by atoms with van der Waals surface area (Å²) in [5, 5.41) is 0.715. The Morgan fingerprint density at radius 2 is 1.81 bits per heavy atom. The second kappa shape index (κ2) is 5.71. The summed E-state index contributed by atoms with van der Waals surface area (Å²) in [6.45, 7) is 0. The van der Waals surface area contributed by atoms with Crippen molar-refractivity contribution in [3.05, 3.63) is 41.2 Å². The van der Waals surface area contributed by atoms with Gasteiger partial charge in [-0.3, -0.25) is 0 Å². The molecule has 0 bridgehead atoms. The summed E-state index contributed by atoms with van der Waals surface area (Å²) in [6, 6.07) is 7.62. The smallest absolute Gasteiger partial charge is 0.224 e. The lowest BCUT2D eigenvalue weighted by Gasteiger charge is -2.04. The van der Waals surface area contributed by atoms with Gasteiger partial charge in [0.1, 0.15) is 0 Å². The predicted molar refractivity (Wildman–Crippen MR) is 85.0 cm³/mol. The number of hydrogen-bond donors (Lipinski definition) is 2. The fourth-order valence-corrected chi connectivity index (χ4v) is 2.65. The minimum Gasteiger partial charge on any atom is -0.382 e. The molecule has 3 rings (SSSR count). The minimum atomic E-state index is 0.0950. The molecular formula is C13H11ClN6S. The molecule has 0 aliphatic heterocycles. The molecule has 0 saturated carbocycles. The highest BCUT2D eigenvalue weighted by molar-refractivity contribution is 7.98. The van der Waals surface area contributed by atoms with Gasteiger partial charge in [0, 0.05) is 15.7 Å². The van der Waals surface area contributed by atoms with Gasteiger partial charge in [-0.25, -0.2) is 9.97 Å². The van der Waals surface area contributed by atoms with Crippen LogP contribution in [0.2, 0.25) is 5.02 Å². The van der Waals surface area contributed by atoms with Crippen LogP contribution in [0.5, 0.6) is 0 Å². The summed E-state index contributed by atoms with van der Waals surface area (Å²) in [5.74, 6) is 0.995. The van der Waals surface area contributed by atoms with Gasteiger partial charge < -0.3 is 11.5 Å². The van der Waals surface area contributed by atoms with Crippen LogP contribution >= 0.6 is 23.4 Å². The number of benzene rings is 1. The maximum absolute atomic E-state index is 5.85. The minimum absolute atomic E-state index is 0.0950. The van der Waals surface area contributed by atoms with Gasteiger partial charge in [-0.2, -0.15) is 9.97 Å². The molecule has 8 heteroatoms. The van der Waals surface area contributed by atoms with Crippen LogP contribution in [-0.2, 0) is 5.75 Å². The van der Waals surface area contributed by atoms with E-state index in [0.717, 1.165) is 10.6 Å². The molecular weight excluding hydrogens is 308 g/mol. The SMILES string of the molecule is Nc1nc(N)c2nc(CSc3ccc(Cl)cc3)cnc2n1. The summed E-state index contributed by atoms with van der Waals surface area (Å²) in [4.78, 5) is 17.6. The van der Waals surface area contributed by atoms with Gasteiger partial charge in [0.15, 0.2) is 17.0 Å². The van der Waals surface area contributed by atoms with Crippen molar-refractivity contribution in [3.8, 4) is 0 Å². The van der Waals surface area contributed by atoms with E-state index in [9.17, 15) is 0 Å². The zero-order valence-electron chi connectivity index (χ0n) is 10.8. The Kier molecular flexibility index (Phi) is 3.76. The Labute approximate surface area is 130 Å². The normalized spacial score (nSPS) is 10.9. The van der Waals surface area contributed by atoms with Crippen LogP contribution in [0.1, 0.15) is 5.69 Å². The molecule has 106 valence electrons. The lowest BCUT2D eigenvalue weighted by atomic mass is 10.4. The fourth-order valence-electron chi connectivity index (χ4n) is 1.74. The van der Waals surface area contributed by atoms with Crippen LogP contribution in [0.15, 0.2) is 35.4 Å². The van der Waals surface area contributed by atoms with Crippen LogP contribution in [0.4, 0.5) is 11.8 Å². The Morgan fingerprint density at radius 3 is 2.57 bits per heavy atom. The van der Waals surface area contributed by atoms with Crippen LogP contribution < -0.4 is 11.5 Å². The molecule has 3 aromatic rings. The first kappa shape index (κ1) is 13.8. The first-order chi connectivity index (χ1) is 10.1. The molecule has 1 aromatic carbocycles. The van der Waals surface area contributed by atoms with E-state index in [1.54, 1.807) is 18.0 Å². The van der Waals surface area contributed by atoms with Gasteiger partial charge in [-0.15, -0.1) is 11.8 Å². The average molecular weight is 319 g/mol. The third-order valence-corrected chi connectivity index (χ3v) is 4.00. The number of anilines is 2. The van der Waals surface area contributed by atoms with Crippen molar-refractivity contribution in [2.45, 2.75) is 10.6 Å². The van der Waals surface area contributed by atoms with Gasteiger partial charge in [0.2, 0.25) is 5.95 Å². The van der Waals surface area contributed by atoms with E-state index in [4.69, 9.17) is 23.1 Å². The summed E-state index contributed by atoms with van der Waals surface area (Å²) >= 11 is 7.49. The molecule has 4 N–H and O–H groups in total. The van der Waals surface area contributed by atoms with Crippen molar-refractivity contribution < 1.29 is 0 Å². The number of hydrogen-bond acceptors (Lipinski definition) is 7. The van der Waals surface area contributed by atoms with Gasteiger partial charge >= 0.3 is 0 Å². The fraction of sp³-hybridized carbons (Fsp3) is 0.0769. The van der Waals surface area contributed by atoms with Gasteiger partial charge in [0.05, 0.1) is 11.9 Å². The number of fused-ring (bicyclic) bond motifs is 1. The number of halogens is 1. The Morgan fingerprint density at radius 1 is 1.05 bits per heavy atom. The van der Waals surface area contributed by atoms with Crippen LogP contribution in [0.3, 0.4) is 0 Å². The van der Waals surface area contributed by atoms with E-state index in [1.807, 2.05) is 24.3 Å². The topological polar surface area (TPSA) is 104 Å². The molecule has 0 aliphatic carbocycles. The van der Waals surface area contributed by atoms with Crippen molar-refractivity contribution in [2.75, 3.05) is 11.5 Å². The predicted octanol–water partition coefficient (Wildman–Crippen LogP) is 2.53. The largest absolute Gasteiger partial charge is 0.382 e. The Hall–Kier alpha value is -2.12. The molecule has 0 unspecified atom stereocenters. The lowest BCUT2D eigenvalue weighted by Crippen LogP contribution is -2.04. The number of nitrogen functional groups attached to an aromatic ring is 2. The third kappa shape index (κ3) is 3.14. The molecule has 2 heterocycles. The van der Waals surface area contributed by atoms with Gasteiger partial charge in [0.25, 0.3) is 0 Å². The van der Waals surface area contributed by atoms with Gasteiger partial charge in [-0.1, -0.05) is 11.6 Å². The van der Waals surface area contributed by atoms with Crippen LogP contribution in [-0.4, -0.2) is 19.9 Å².